The number of amides is 2. The van der Waals surface area contributed by atoms with Crippen molar-refractivity contribution in [3.05, 3.63) is 59.7 Å². The first-order valence-corrected chi connectivity index (χ1v) is 6.53. The molecule has 116 valence electrons. The number of nitrogens with zero attached hydrogens (tertiary/aromatic N) is 1. The Hall–Kier alpha value is -3.27. The van der Waals surface area contributed by atoms with Crippen molar-refractivity contribution in [3.8, 4) is 6.07 Å². The van der Waals surface area contributed by atoms with E-state index in [4.69, 9.17) is 5.26 Å². The van der Waals surface area contributed by atoms with Gasteiger partial charge in [0, 0.05) is 17.4 Å². The van der Waals surface area contributed by atoms with Crippen molar-refractivity contribution in [2.45, 2.75) is 6.42 Å². The molecule has 0 aliphatic heterocycles. The molecular weight excluding hydrogens is 304 g/mol. The minimum absolute atomic E-state index is 0.0492. The fourth-order valence-electron chi connectivity index (χ4n) is 1.80. The highest BCUT2D eigenvalue weighted by atomic mass is 19.2. The number of halogens is 2. The Balaban J connectivity index is 1.93. The van der Waals surface area contributed by atoms with Crippen LogP contribution in [0.2, 0.25) is 0 Å². The highest BCUT2D eigenvalue weighted by Gasteiger charge is 2.11. The van der Waals surface area contributed by atoms with E-state index in [2.05, 4.69) is 10.6 Å². The van der Waals surface area contributed by atoms with Gasteiger partial charge in [0.25, 0.3) is 0 Å². The van der Waals surface area contributed by atoms with E-state index in [9.17, 15) is 18.4 Å². The van der Waals surface area contributed by atoms with Crippen molar-refractivity contribution in [3.63, 3.8) is 0 Å². The van der Waals surface area contributed by atoms with E-state index in [1.165, 1.54) is 12.1 Å². The molecular formula is C16H11F2N3O2. The average Bonchev–Trinajstić information content (AvgIpc) is 2.51. The summed E-state index contributed by atoms with van der Waals surface area (Å²) in [4.78, 5) is 23.4. The molecule has 0 fully saturated rings. The third-order valence-electron chi connectivity index (χ3n) is 2.80. The van der Waals surface area contributed by atoms with E-state index in [0.29, 0.717) is 11.3 Å². The highest BCUT2D eigenvalue weighted by molar-refractivity contribution is 6.08. The van der Waals surface area contributed by atoms with Crippen molar-refractivity contribution < 1.29 is 18.4 Å². The van der Waals surface area contributed by atoms with Crippen LogP contribution in [0.3, 0.4) is 0 Å². The summed E-state index contributed by atoms with van der Waals surface area (Å²) >= 11 is 0. The van der Waals surface area contributed by atoms with E-state index >= 15 is 0 Å². The van der Waals surface area contributed by atoms with Crippen molar-refractivity contribution in [2.24, 2.45) is 0 Å². The van der Waals surface area contributed by atoms with Gasteiger partial charge in [0.2, 0.25) is 11.8 Å². The Kier molecular flexibility index (Phi) is 5.00. The highest BCUT2D eigenvalue weighted by Crippen LogP contribution is 2.14. The summed E-state index contributed by atoms with van der Waals surface area (Å²) in [5, 5.41) is 13.5. The summed E-state index contributed by atoms with van der Waals surface area (Å²) in [6.45, 7) is 0. The molecule has 2 aromatic rings. The Morgan fingerprint density at radius 2 is 1.61 bits per heavy atom. The van der Waals surface area contributed by atoms with Crippen molar-refractivity contribution in [2.75, 3.05) is 10.6 Å². The lowest BCUT2D eigenvalue weighted by Gasteiger charge is -2.07. The molecule has 0 radical (unpaired) electrons. The van der Waals surface area contributed by atoms with Crippen LogP contribution in [0.15, 0.2) is 42.5 Å². The zero-order valence-corrected chi connectivity index (χ0v) is 11.8. The van der Waals surface area contributed by atoms with Crippen LogP contribution >= 0.6 is 0 Å². The summed E-state index contributed by atoms with van der Waals surface area (Å²) in [7, 11) is 0. The van der Waals surface area contributed by atoms with Crippen molar-refractivity contribution >= 4 is 23.2 Å². The van der Waals surface area contributed by atoms with Gasteiger partial charge in [-0.2, -0.15) is 5.26 Å². The first kappa shape index (κ1) is 16.1. The number of hydrogen-bond donors (Lipinski definition) is 2. The zero-order valence-electron chi connectivity index (χ0n) is 11.8. The van der Waals surface area contributed by atoms with Crippen LogP contribution in [-0.4, -0.2) is 11.8 Å². The predicted molar refractivity (Wildman–Crippen MR) is 79.4 cm³/mol. The summed E-state index contributed by atoms with van der Waals surface area (Å²) in [5.74, 6) is -3.40. The Morgan fingerprint density at radius 1 is 0.957 bits per heavy atom. The lowest BCUT2D eigenvalue weighted by atomic mass is 10.2. The largest absolute Gasteiger partial charge is 0.326 e. The summed E-state index contributed by atoms with van der Waals surface area (Å²) in [6, 6.07) is 11.0. The lowest BCUT2D eigenvalue weighted by molar-refractivity contribution is -0.123. The van der Waals surface area contributed by atoms with Gasteiger partial charge in [0.15, 0.2) is 11.6 Å². The van der Waals surface area contributed by atoms with Gasteiger partial charge < -0.3 is 10.6 Å². The molecule has 0 aromatic heterocycles. The van der Waals surface area contributed by atoms with Crippen LogP contribution < -0.4 is 10.6 Å². The molecule has 0 aliphatic carbocycles. The van der Waals surface area contributed by atoms with Gasteiger partial charge in [-0.05, 0) is 30.3 Å². The molecule has 23 heavy (non-hydrogen) atoms. The van der Waals surface area contributed by atoms with Gasteiger partial charge in [-0.1, -0.05) is 6.07 Å². The normalized spacial score (nSPS) is 9.78. The third kappa shape index (κ3) is 4.61. The molecule has 0 heterocycles. The second-order valence-corrected chi connectivity index (χ2v) is 4.59. The zero-order chi connectivity index (χ0) is 16.8. The Morgan fingerprint density at radius 3 is 2.22 bits per heavy atom. The topological polar surface area (TPSA) is 82.0 Å². The van der Waals surface area contributed by atoms with Gasteiger partial charge in [-0.15, -0.1) is 0 Å². The van der Waals surface area contributed by atoms with Gasteiger partial charge in [-0.25, -0.2) is 8.78 Å². The monoisotopic (exact) mass is 315 g/mol. The fraction of sp³-hybridized carbons (Fsp3) is 0.0625. The maximum absolute atomic E-state index is 13.0. The van der Waals surface area contributed by atoms with Gasteiger partial charge in [0.05, 0.1) is 11.6 Å². The van der Waals surface area contributed by atoms with Crippen LogP contribution in [0.4, 0.5) is 20.2 Å². The van der Waals surface area contributed by atoms with Crippen LogP contribution in [0.1, 0.15) is 12.0 Å². The first-order valence-electron chi connectivity index (χ1n) is 6.53. The number of benzene rings is 2. The Labute approximate surface area is 130 Å². The van der Waals surface area contributed by atoms with Crippen LogP contribution in [0.25, 0.3) is 0 Å². The molecule has 0 aliphatic rings. The standard InChI is InChI=1S/C16H11F2N3O2/c17-13-5-4-12(7-14(13)18)21-16(23)8-15(22)20-11-3-1-2-10(6-11)9-19/h1-7H,8H2,(H,20,22)(H,21,23). The van der Waals surface area contributed by atoms with Crippen molar-refractivity contribution in [1.82, 2.24) is 0 Å². The number of carbonyl (C=O) groups excluding carboxylic acids is 2. The van der Waals surface area contributed by atoms with Crippen LogP contribution in [0.5, 0.6) is 0 Å². The molecule has 0 unspecified atom stereocenters. The average molecular weight is 315 g/mol. The maximum Gasteiger partial charge on any atom is 0.233 e. The summed E-state index contributed by atoms with van der Waals surface area (Å²) in [5.41, 5.74) is 0.803. The maximum atomic E-state index is 13.0. The van der Waals surface area contributed by atoms with Gasteiger partial charge in [0.1, 0.15) is 6.42 Å². The lowest BCUT2D eigenvalue weighted by Crippen LogP contribution is -2.21. The molecule has 2 aromatic carbocycles. The SMILES string of the molecule is N#Cc1cccc(NC(=O)CC(=O)Nc2ccc(F)c(F)c2)c1. The number of nitriles is 1. The molecule has 0 bridgehead atoms. The van der Waals surface area contributed by atoms with E-state index in [1.807, 2.05) is 6.07 Å². The second-order valence-electron chi connectivity index (χ2n) is 4.59. The molecule has 0 spiro atoms. The number of nitrogens with one attached hydrogen (secondary N) is 2. The fourth-order valence-corrected chi connectivity index (χ4v) is 1.80. The second kappa shape index (κ2) is 7.13. The molecule has 0 atom stereocenters. The van der Waals surface area contributed by atoms with Crippen LogP contribution in [0, 0.1) is 23.0 Å². The minimum Gasteiger partial charge on any atom is -0.326 e. The Bertz CT molecular complexity index is 800. The van der Waals surface area contributed by atoms with Gasteiger partial charge >= 0.3 is 0 Å². The number of hydrogen-bond acceptors (Lipinski definition) is 3. The molecule has 0 saturated carbocycles. The van der Waals surface area contributed by atoms with Crippen LogP contribution in [-0.2, 0) is 9.59 Å². The van der Waals surface area contributed by atoms with E-state index in [-0.39, 0.29) is 5.69 Å². The number of anilines is 2. The number of carbonyl (C=O) groups is 2. The van der Waals surface area contributed by atoms with Crippen molar-refractivity contribution in [1.29, 1.82) is 5.26 Å². The van der Waals surface area contributed by atoms with Gasteiger partial charge in [-0.3, -0.25) is 9.59 Å². The summed E-state index contributed by atoms with van der Waals surface area (Å²) in [6.07, 6.45) is -0.504. The van der Waals surface area contributed by atoms with E-state index in [0.717, 1.165) is 12.1 Å². The predicted octanol–water partition coefficient (Wildman–Crippen LogP) is 2.80. The molecule has 7 heteroatoms. The number of rotatable bonds is 4. The van der Waals surface area contributed by atoms with E-state index in [1.54, 1.807) is 18.2 Å². The van der Waals surface area contributed by atoms with E-state index < -0.39 is 29.9 Å². The molecule has 0 saturated heterocycles. The molecule has 2 rings (SSSR count). The third-order valence-corrected chi connectivity index (χ3v) is 2.80. The minimum atomic E-state index is -1.10. The molecule has 5 nitrogen and oxygen atoms in total. The summed E-state index contributed by atoms with van der Waals surface area (Å²) < 4.78 is 25.8. The first-order chi connectivity index (χ1) is 11.0. The molecule has 2 amide bonds. The molecule has 2 N–H and O–H groups in total. The smallest absolute Gasteiger partial charge is 0.233 e. The quantitative estimate of drug-likeness (QED) is 0.851.